The summed E-state index contributed by atoms with van der Waals surface area (Å²) in [5.74, 6) is -2.99. The molecule has 0 saturated carbocycles. The van der Waals surface area contributed by atoms with E-state index >= 15 is 0 Å². The number of nitrogens with two attached hydrogens (primary N) is 1. The van der Waals surface area contributed by atoms with Crippen LogP contribution >= 0.6 is 0 Å². The highest BCUT2D eigenvalue weighted by Gasteiger charge is 2.21. The highest BCUT2D eigenvalue weighted by molar-refractivity contribution is 5.81. The van der Waals surface area contributed by atoms with Gasteiger partial charge in [0.1, 0.15) is 11.9 Å². The van der Waals surface area contributed by atoms with Gasteiger partial charge in [-0.2, -0.15) is 0 Å². The molecule has 2 aromatic carbocycles. The summed E-state index contributed by atoms with van der Waals surface area (Å²) < 4.78 is 39.2. The second-order valence-corrected chi connectivity index (χ2v) is 4.95. The highest BCUT2D eigenvalue weighted by Crippen LogP contribution is 2.21. The van der Waals surface area contributed by atoms with E-state index in [1.165, 1.54) is 30.3 Å². The van der Waals surface area contributed by atoms with Gasteiger partial charge in [0.05, 0.1) is 0 Å². The molecule has 3 N–H and O–H groups in total. The van der Waals surface area contributed by atoms with E-state index in [1.807, 2.05) is 0 Å². The number of rotatable bonds is 5. The van der Waals surface area contributed by atoms with Crippen molar-refractivity contribution in [3.63, 3.8) is 0 Å². The molecule has 0 spiro atoms. The van der Waals surface area contributed by atoms with Crippen LogP contribution in [0.3, 0.4) is 0 Å². The Hall–Kier alpha value is -2.34. The molecule has 2 aromatic rings. The average molecular weight is 308 g/mol. The van der Waals surface area contributed by atoms with E-state index in [-0.39, 0.29) is 0 Å². The molecule has 0 fully saturated rings. The molecule has 22 heavy (non-hydrogen) atoms. The van der Waals surface area contributed by atoms with Gasteiger partial charge in [0.25, 0.3) is 0 Å². The molecule has 1 amide bonds. The van der Waals surface area contributed by atoms with E-state index < -0.39 is 35.4 Å². The van der Waals surface area contributed by atoms with Crippen molar-refractivity contribution < 1.29 is 18.0 Å². The molecule has 0 bridgehead atoms. The molecule has 2 unspecified atom stereocenters. The van der Waals surface area contributed by atoms with Crippen LogP contribution in [0.4, 0.5) is 13.2 Å². The SMILES string of the molecule is CC(NC(C(N)=O)c1ccc(F)cc1)c1ccc(F)c(F)c1. The van der Waals surface area contributed by atoms with Gasteiger partial charge in [-0.1, -0.05) is 18.2 Å². The average Bonchev–Trinajstić information content (AvgIpc) is 2.48. The Balaban J connectivity index is 2.21. The fourth-order valence-electron chi connectivity index (χ4n) is 2.13. The van der Waals surface area contributed by atoms with Crippen LogP contribution in [0.1, 0.15) is 30.1 Å². The minimum atomic E-state index is -0.969. The molecule has 0 saturated heterocycles. The second-order valence-electron chi connectivity index (χ2n) is 4.95. The first-order chi connectivity index (χ1) is 10.4. The van der Waals surface area contributed by atoms with Gasteiger partial charge in [-0.05, 0) is 42.3 Å². The van der Waals surface area contributed by atoms with Crippen molar-refractivity contribution in [1.82, 2.24) is 5.32 Å². The molecular formula is C16H15F3N2O. The van der Waals surface area contributed by atoms with Crippen molar-refractivity contribution in [2.45, 2.75) is 19.0 Å². The smallest absolute Gasteiger partial charge is 0.239 e. The van der Waals surface area contributed by atoms with Crippen molar-refractivity contribution in [1.29, 1.82) is 0 Å². The number of primary amides is 1. The first kappa shape index (κ1) is 16.0. The number of benzene rings is 2. The van der Waals surface area contributed by atoms with E-state index in [4.69, 9.17) is 5.73 Å². The summed E-state index contributed by atoms with van der Waals surface area (Å²) in [6, 6.07) is 7.46. The summed E-state index contributed by atoms with van der Waals surface area (Å²) in [5.41, 5.74) is 6.31. The normalized spacial score (nSPS) is 13.6. The summed E-state index contributed by atoms with van der Waals surface area (Å²) in [6.45, 7) is 1.69. The molecule has 0 aliphatic carbocycles. The fraction of sp³-hybridized carbons (Fsp3) is 0.188. The monoisotopic (exact) mass is 308 g/mol. The largest absolute Gasteiger partial charge is 0.368 e. The molecule has 2 atom stereocenters. The maximum Gasteiger partial charge on any atom is 0.239 e. The van der Waals surface area contributed by atoms with Gasteiger partial charge < -0.3 is 5.73 Å². The van der Waals surface area contributed by atoms with E-state index in [0.29, 0.717) is 11.1 Å². The van der Waals surface area contributed by atoms with Gasteiger partial charge in [0.15, 0.2) is 11.6 Å². The Morgan fingerprint density at radius 1 is 1.00 bits per heavy atom. The summed E-state index contributed by atoms with van der Waals surface area (Å²) in [5, 5.41) is 2.93. The molecule has 0 radical (unpaired) electrons. The van der Waals surface area contributed by atoms with Gasteiger partial charge in [-0.3, -0.25) is 10.1 Å². The van der Waals surface area contributed by atoms with Crippen molar-refractivity contribution >= 4 is 5.91 Å². The second kappa shape index (κ2) is 6.62. The number of carbonyl (C=O) groups is 1. The van der Waals surface area contributed by atoms with Crippen LogP contribution in [0.5, 0.6) is 0 Å². The van der Waals surface area contributed by atoms with Crippen LogP contribution in [0, 0.1) is 17.5 Å². The van der Waals surface area contributed by atoms with Crippen LogP contribution in [0.25, 0.3) is 0 Å². The fourth-order valence-corrected chi connectivity index (χ4v) is 2.13. The summed E-state index contributed by atoms with van der Waals surface area (Å²) in [7, 11) is 0. The van der Waals surface area contributed by atoms with Crippen LogP contribution in [-0.2, 0) is 4.79 Å². The lowest BCUT2D eigenvalue weighted by Crippen LogP contribution is -2.35. The van der Waals surface area contributed by atoms with Crippen LogP contribution < -0.4 is 11.1 Å². The van der Waals surface area contributed by atoms with Crippen LogP contribution in [-0.4, -0.2) is 5.91 Å². The van der Waals surface area contributed by atoms with Gasteiger partial charge in [0, 0.05) is 6.04 Å². The Bertz CT molecular complexity index is 674. The minimum Gasteiger partial charge on any atom is -0.368 e. The van der Waals surface area contributed by atoms with Crippen molar-refractivity contribution in [2.24, 2.45) is 5.73 Å². The molecule has 116 valence electrons. The quantitative estimate of drug-likeness (QED) is 0.892. The highest BCUT2D eigenvalue weighted by atomic mass is 19.2. The van der Waals surface area contributed by atoms with E-state index in [1.54, 1.807) is 6.92 Å². The lowest BCUT2D eigenvalue weighted by atomic mass is 10.0. The van der Waals surface area contributed by atoms with Gasteiger partial charge in [-0.15, -0.1) is 0 Å². The number of hydrogen-bond acceptors (Lipinski definition) is 2. The Labute approximate surface area is 125 Å². The zero-order valence-corrected chi connectivity index (χ0v) is 11.8. The zero-order chi connectivity index (χ0) is 16.3. The standard InChI is InChI=1S/C16H15F3N2O/c1-9(11-4-7-13(18)14(19)8-11)21-15(16(20)22)10-2-5-12(17)6-3-10/h2-9,15,21H,1H3,(H2,20,22). The molecule has 3 nitrogen and oxygen atoms in total. The lowest BCUT2D eigenvalue weighted by Gasteiger charge is -2.21. The third kappa shape index (κ3) is 3.65. The third-order valence-corrected chi connectivity index (χ3v) is 3.35. The topological polar surface area (TPSA) is 55.1 Å². The predicted molar refractivity (Wildman–Crippen MR) is 76.2 cm³/mol. The lowest BCUT2D eigenvalue weighted by molar-refractivity contribution is -0.120. The molecule has 0 aromatic heterocycles. The summed E-state index contributed by atoms with van der Waals surface area (Å²) in [6.07, 6.45) is 0. The first-order valence-corrected chi connectivity index (χ1v) is 6.64. The summed E-state index contributed by atoms with van der Waals surface area (Å²) >= 11 is 0. The minimum absolute atomic E-state index is 0.430. The number of carbonyl (C=O) groups excluding carboxylic acids is 1. The maximum atomic E-state index is 13.3. The Morgan fingerprint density at radius 3 is 2.14 bits per heavy atom. The molecular weight excluding hydrogens is 293 g/mol. The van der Waals surface area contributed by atoms with Gasteiger partial charge in [0.2, 0.25) is 5.91 Å². The van der Waals surface area contributed by atoms with Crippen molar-refractivity contribution in [3.8, 4) is 0 Å². The number of amides is 1. The molecule has 0 aliphatic rings. The van der Waals surface area contributed by atoms with E-state index in [9.17, 15) is 18.0 Å². The maximum absolute atomic E-state index is 13.3. The number of halogens is 3. The van der Waals surface area contributed by atoms with Crippen molar-refractivity contribution in [3.05, 3.63) is 71.0 Å². The first-order valence-electron chi connectivity index (χ1n) is 6.64. The Kier molecular flexibility index (Phi) is 4.82. The van der Waals surface area contributed by atoms with E-state index in [2.05, 4.69) is 5.32 Å². The number of nitrogens with one attached hydrogen (secondary N) is 1. The number of hydrogen-bond donors (Lipinski definition) is 2. The summed E-state index contributed by atoms with van der Waals surface area (Å²) in [4.78, 5) is 11.6. The third-order valence-electron chi connectivity index (χ3n) is 3.35. The van der Waals surface area contributed by atoms with Gasteiger partial charge >= 0.3 is 0 Å². The molecule has 0 aliphatic heterocycles. The van der Waals surface area contributed by atoms with E-state index in [0.717, 1.165) is 12.1 Å². The molecule has 6 heteroatoms. The van der Waals surface area contributed by atoms with Crippen molar-refractivity contribution in [2.75, 3.05) is 0 Å². The Morgan fingerprint density at radius 2 is 1.59 bits per heavy atom. The van der Waals surface area contributed by atoms with Crippen LogP contribution in [0.2, 0.25) is 0 Å². The zero-order valence-electron chi connectivity index (χ0n) is 11.8. The molecule has 2 rings (SSSR count). The predicted octanol–water partition coefficient (Wildman–Crippen LogP) is 2.98. The van der Waals surface area contributed by atoms with Crippen LogP contribution in [0.15, 0.2) is 42.5 Å². The molecule has 0 heterocycles. The van der Waals surface area contributed by atoms with Gasteiger partial charge in [-0.25, -0.2) is 13.2 Å².